The molecule has 333 valence electrons. The molecule has 4 aromatic heterocycles. The van der Waals surface area contributed by atoms with E-state index < -0.39 is 19.6 Å². The first-order valence-corrected chi connectivity index (χ1v) is 29.8. The summed E-state index contributed by atoms with van der Waals surface area (Å²) < 4.78 is 27.2. The van der Waals surface area contributed by atoms with Gasteiger partial charge in [-0.2, -0.15) is 0 Å². The number of pyridine rings is 2. The Morgan fingerprint density at radius 1 is 0.727 bits per heavy atom. The SMILES string of the molecule is Cc1ccc2c(n1)oc1c(-c3nc4ccccc4n3-c3ccc(-c4ccccc4)cc3-c3ccccc3)[c-]ccc12.[2H]C([2H])(c1cc(-c2[c-]ccc(C(C)(C)C)c2)nc[c]1[Ge]([CH3])([CH3])[CH3])C(C)C.[Ir]. The number of hydrogen-bond donors (Lipinski definition) is 0. The van der Waals surface area contributed by atoms with E-state index in [4.69, 9.17) is 17.1 Å². The molecule has 0 spiro atoms. The summed E-state index contributed by atoms with van der Waals surface area (Å²) in [4.78, 5) is 14.5. The van der Waals surface area contributed by atoms with Gasteiger partial charge in [-0.1, -0.05) is 89.8 Å². The topological polar surface area (TPSA) is 56.7 Å². The van der Waals surface area contributed by atoms with Crippen LogP contribution < -0.4 is 4.40 Å². The molecule has 10 aromatic rings. The van der Waals surface area contributed by atoms with E-state index in [0.29, 0.717) is 5.71 Å². The van der Waals surface area contributed by atoms with Crippen molar-refractivity contribution < 1.29 is 27.3 Å². The Balaban J connectivity index is 0.000000202. The van der Waals surface area contributed by atoms with Gasteiger partial charge in [0.05, 0.1) is 22.4 Å². The quantitative estimate of drug-likeness (QED) is 0.112. The Morgan fingerprint density at radius 2 is 1.42 bits per heavy atom. The third kappa shape index (κ3) is 9.64. The van der Waals surface area contributed by atoms with Crippen LogP contribution in [0.3, 0.4) is 0 Å². The van der Waals surface area contributed by atoms with Crippen molar-refractivity contribution >= 4 is 50.8 Å². The number of imidazole rings is 1. The second-order valence-electron chi connectivity index (χ2n) is 19.1. The van der Waals surface area contributed by atoms with Gasteiger partial charge in [-0.05, 0) is 60.0 Å². The van der Waals surface area contributed by atoms with Crippen LogP contribution in [0, 0.1) is 25.0 Å². The Labute approximate surface area is 408 Å². The molecule has 5 nitrogen and oxygen atoms in total. The van der Waals surface area contributed by atoms with Crippen molar-refractivity contribution in [1.29, 1.82) is 0 Å². The predicted octanol–water partition coefficient (Wildman–Crippen LogP) is 15.0. The smallest absolute Gasteiger partial charge is 0 e. The molecule has 0 unspecified atom stereocenters. The Kier molecular flexibility index (Phi) is 12.7. The van der Waals surface area contributed by atoms with Gasteiger partial charge in [-0.15, -0.1) is 18.2 Å². The fourth-order valence-electron chi connectivity index (χ4n) is 8.42. The molecule has 0 bridgehead atoms. The molecule has 0 N–H and O–H groups in total. The molecule has 10 rings (SSSR count). The molecule has 66 heavy (non-hydrogen) atoms. The number of aryl methyl sites for hydroxylation is 1. The van der Waals surface area contributed by atoms with Gasteiger partial charge in [-0.25, -0.2) is 4.98 Å². The number of furan rings is 1. The maximum atomic E-state index is 8.70. The van der Waals surface area contributed by atoms with Gasteiger partial charge < -0.3 is 8.98 Å². The summed E-state index contributed by atoms with van der Waals surface area (Å²) in [6.45, 7) is 12.5. The molecule has 0 atom stereocenters. The molecule has 7 heteroatoms. The summed E-state index contributed by atoms with van der Waals surface area (Å²) in [6.07, 6.45) is 0.565. The molecule has 0 amide bonds. The number of rotatable bonds is 8. The molecule has 0 aliphatic carbocycles. The summed E-state index contributed by atoms with van der Waals surface area (Å²) in [5.41, 5.74) is 14.5. The van der Waals surface area contributed by atoms with E-state index in [1.807, 2.05) is 69.4 Å². The number of para-hydroxylation sites is 2. The predicted molar refractivity (Wildman–Crippen MR) is 275 cm³/mol. The van der Waals surface area contributed by atoms with Crippen LogP contribution in [0.25, 0.3) is 83.7 Å². The number of benzene rings is 6. The van der Waals surface area contributed by atoms with E-state index in [1.54, 1.807) is 0 Å². The van der Waals surface area contributed by atoms with Crippen LogP contribution in [0.4, 0.5) is 0 Å². The molecule has 0 saturated carbocycles. The maximum absolute atomic E-state index is 8.70. The van der Waals surface area contributed by atoms with Crippen molar-refractivity contribution in [2.45, 2.75) is 70.6 Å². The average molecular weight is 1100 g/mol. The summed E-state index contributed by atoms with van der Waals surface area (Å²) in [5.74, 6) is 7.57. The van der Waals surface area contributed by atoms with E-state index >= 15 is 0 Å². The van der Waals surface area contributed by atoms with Crippen LogP contribution in [0.15, 0.2) is 162 Å². The maximum Gasteiger partial charge on any atom is 0 e. The van der Waals surface area contributed by atoms with Crippen molar-refractivity contribution in [1.82, 2.24) is 19.5 Å². The van der Waals surface area contributed by atoms with E-state index in [1.165, 1.54) is 11.1 Å². The number of hydrogen-bond acceptors (Lipinski definition) is 4. The zero-order valence-electron chi connectivity index (χ0n) is 41.1. The standard InChI is InChI=1S/C37H24N3O.C22H32GeN.Ir/c1-24-19-21-29-28-15-10-16-30(35(28)41-37(29)38-24)36-39-32-17-8-9-18-34(32)40(36)33-22-20-27(25-11-4-2-5-12-25)23-31(33)26-13-6-3-7-14-26;1-16(2)12-18-14-21(24-15-20(18)23(6,7)8)17-10-9-11-19(13-17)22(3,4)5;/h2-15,17-23H,1H3;9,11,13-16H,12H2,1-8H3;/q2*-1;/i;12D2;. The van der Waals surface area contributed by atoms with Gasteiger partial charge in [0.2, 0.25) is 5.71 Å². The minimum Gasteiger partial charge on any atom is 0 e. The molecule has 0 saturated heterocycles. The van der Waals surface area contributed by atoms with Gasteiger partial charge in [-0.3, -0.25) is 4.98 Å². The Morgan fingerprint density at radius 3 is 2.14 bits per heavy atom. The summed E-state index contributed by atoms with van der Waals surface area (Å²) in [5, 5.41) is 1.99. The zero-order chi connectivity index (χ0) is 47.3. The third-order valence-electron chi connectivity index (χ3n) is 11.8. The third-order valence-corrected chi connectivity index (χ3v) is 16.0. The van der Waals surface area contributed by atoms with Crippen LogP contribution in [-0.2, 0) is 31.9 Å². The van der Waals surface area contributed by atoms with Gasteiger partial charge in [0.15, 0.2) is 0 Å². The molecule has 0 fully saturated rings. The van der Waals surface area contributed by atoms with Crippen LogP contribution in [0.1, 0.15) is 54.2 Å². The van der Waals surface area contributed by atoms with E-state index in [0.717, 1.165) is 88.1 Å². The molecular weight excluding hydrogens is 1050 g/mol. The minimum absolute atomic E-state index is 0. The largest absolute Gasteiger partial charge is 0 e. The first-order valence-electron chi connectivity index (χ1n) is 23.5. The van der Waals surface area contributed by atoms with Crippen molar-refractivity contribution in [3.63, 3.8) is 0 Å². The molecule has 0 aliphatic rings. The van der Waals surface area contributed by atoms with Crippen LogP contribution in [0.5, 0.6) is 0 Å². The van der Waals surface area contributed by atoms with E-state index in [9.17, 15) is 0 Å². The molecule has 4 heterocycles. The van der Waals surface area contributed by atoms with Crippen molar-refractivity contribution in [2.24, 2.45) is 5.92 Å². The average Bonchev–Trinajstić information content (AvgIpc) is 3.90. The van der Waals surface area contributed by atoms with Crippen molar-refractivity contribution in [3.05, 3.63) is 187 Å². The van der Waals surface area contributed by atoms with Gasteiger partial charge >= 0.3 is 154 Å². The van der Waals surface area contributed by atoms with Crippen LogP contribution in [-0.4, -0.2) is 32.8 Å². The van der Waals surface area contributed by atoms with Gasteiger partial charge in [0, 0.05) is 42.4 Å². The fraction of sp³-hybridized carbons (Fsp3) is 0.203. The molecule has 0 aliphatic heterocycles. The minimum atomic E-state index is -2.25. The fourth-order valence-corrected chi connectivity index (χ4v) is 11.4. The van der Waals surface area contributed by atoms with Crippen molar-refractivity contribution in [3.8, 4) is 50.6 Å². The summed E-state index contributed by atoms with van der Waals surface area (Å²) in [7, 11) is 0. The number of fused-ring (bicyclic) bond motifs is 4. The molecular formula is C59H56GeIrN4O-2. The van der Waals surface area contributed by atoms with E-state index in [-0.39, 0.29) is 31.4 Å². The Bertz CT molecular complexity index is 3400. The second-order valence-corrected chi connectivity index (χ2v) is 29.7. The summed E-state index contributed by atoms with van der Waals surface area (Å²) >= 11 is -2.25. The molecule has 1 radical (unpaired) electrons. The van der Waals surface area contributed by atoms with Crippen molar-refractivity contribution in [2.75, 3.05) is 0 Å². The monoisotopic (exact) mass is 1110 g/mol. The number of aromatic nitrogens is 4. The van der Waals surface area contributed by atoms with Gasteiger partial charge in [0.25, 0.3) is 0 Å². The zero-order valence-corrected chi connectivity index (χ0v) is 43.6. The number of nitrogens with zero attached hydrogens (tertiary/aromatic N) is 4. The van der Waals surface area contributed by atoms with E-state index in [2.05, 4.69) is 169 Å². The normalized spacial score (nSPS) is 12.5. The Hall–Kier alpha value is -5.92. The first-order chi connectivity index (χ1) is 32.0. The molecule has 6 aromatic carbocycles. The van der Waals surface area contributed by atoms with Crippen LogP contribution >= 0.6 is 0 Å². The first kappa shape index (κ1) is 43.9. The van der Waals surface area contributed by atoms with Gasteiger partial charge in [0.1, 0.15) is 0 Å². The second kappa shape index (κ2) is 19.1. The summed E-state index contributed by atoms with van der Waals surface area (Å²) in [6, 6.07) is 58.9. The van der Waals surface area contributed by atoms with Crippen LogP contribution in [0.2, 0.25) is 17.3 Å².